The molecule has 5 rings (SSSR count). The number of aliphatic carboxylic acids is 2. The van der Waals surface area contributed by atoms with Gasteiger partial charge >= 0.3 is 11.9 Å². The summed E-state index contributed by atoms with van der Waals surface area (Å²) in [5, 5.41) is 17.6. The first-order chi connectivity index (χ1) is 17.4. The predicted octanol–water partition coefficient (Wildman–Crippen LogP) is 3.57. The molecule has 0 bridgehead atoms. The van der Waals surface area contributed by atoms with Gasteiger partial charge in [-0.15, -0.1) is 0 Å². The Hall–Kier alpha value is -2.94. The van der Waals surface area contributed by atoms with E-state index in [0.717, 1.165) is 19.1 Å². The second-order valence-corrected chi connectivity index (χ2v) is 9.70. The largest absolute Gasteiger partial charge is 0.473 e. The maximum absolute atomic E-state index is 9.10. The number of hydrogen-bond acceptors (Lipinski definition) is 5. The molecular weight excluding hydrogens is 456 g/mol. The Bertz CT molecular complexity index is 1180. The number of carboxylic acids is 2. The number of benzene rings is 2. The average Bonchev–Trinajstić information content (AvgIpc) is 3.22. The molecule has 0 radical (unpaired) electrons. The molecule has 0 amide bonds. The molecule has 2 saturated heterocycles. The Morgan fingerprint density at radius 1 is 0.778 bits per heavy atom. The van der Waals surface area contributed by atoms with Crippen LogP contribution in [0.25, 0.3) is 21.8 Å². The normalized spacial score (nSPS) is 18.3. The summed E-state index contributed by atoms with van der Waals surface area (Å²) in [6, 6.07) is 16.8. The summed E-state index contributed by atoms with van der Waals surface area (Å²) in [5.74, 6) is -3.65. The number of hydrogen-bond donors (Lipinski definition) is 2. The molecule has 2 aliphatic heterocycles. The Kier molecular flexibility index (Phi) is 8.61. The first kappa shape index (κ1) is 26.1. The molecule has 8 nitrogen and oxygen atoms in total. The topological polar surface area (TPSA) is 89.3 Å². The lowest BCUT2D eigenvalue weighted by Gasteiger charge is -2.42. The summed E-state index contributed by atoms with van der Waals surface area (Å²) in [6.45, 7) is 15.3. The number of likely N-dealkylation sites (N-methyl/N-ethyl adjacent to an activating group) is 1. The van der Waals surface area contributed by atoms with Gasteiger partial charge in [0.05, 0.1) is 0 Å². The van der Waals surface area contributed by atoms with E-state index in [2.05, 4.69) is 75.6 Å². The second-order valence-electron chi connectivity index (χ2n) is 9.70. The van der Waals surface area contributed by atoms with Crippen molar-refractivity contribution in [3.8, 4) is 0 Å². The lowest BCUT2D eigenvalue weighted by molar-refractivity contribution is -0.159. The van der Waals surface area contributed by atoms with E-state index in [4.69, 9.17) is 19.8 Å². The van der Waals surface area contributed by atoms with Crippen LogP contribution in [0.15, 0.2) is 42.5 Å². The standard InChI is InChI=1S/C26H36N4.C2H2O4/c1-3-27-15-17-29(18-16-27)22-11-13-28(14-12-22)20-21-9-10-26-24(19-21)23-7-5-6-8-25(23)30(26)4-2;3-1(4)2(5)6/h5-10,19,22H,3-4,11-18,20H2,1-2H3;(H,3,4)(H,5,6). The molecule has 0 atom stereocenters. The van der Waals surface area contributed by atoms with Gasteiger partial charge in [0.1, 0.15) is 0 Å². The van der Waals surface area contributed by atoms with Crippen molar-refractivity contribution < 1.29 is 19.8 Å². The van der Waals surface area contributed by atoms with Crippen molar-refractivity contribution in [3.05, 3.63) is 48.0 Å². The van der Waals surface area contributed by atoms with Crippen LogP contribution in [0.3, 0.4) is 0 Å². The van der Waals surface area contributed by atoms with E-state index in [0.29, 0.717) is 0 Å². The third kappa shape index (κ3) is 5.88. The Morgan fingerprint density at radius 3 is 2.03 bits per heavy atom. The SMILES string of the molecule is CCN1CCN(C2CCN(Cc3ccc4c(c3)c3ccccc3n4CC)CC2)CC1.O=C(O)C(=O)O. The van der Waals surface area contributed by atoms with Gasteiger partial charge in [-0.1, -0.05) is 31.2 Å². The van der Waals surface area contributed by atoms with Crippen molar-refractivity contribution >= 4 is 33.7 Å². The molecule has 36 heavy (non-hydrogen) atoms. The number of likely N-dealkylation sites (tertiary alicyclic amines) is 1. The quantitative estimate of drug-likeness (QED) is 0.524. The molecule has 0 spiro atoms. The lowest BCUT2D eigenvalue weighted by atomic mass is 10.0. The van der Waals surface area contributed by atoms with E-state index in [1.54, 1.807) is 0 Å². The van der Waals surface area contributed by atoms with Crippen molar-refractivity contribution in [2.45, 2.75) is 45.8 Å². The number of nitrogens with zero attached hydrogens (tertiary/aromatic N) is 4. The predicted molar refractivity (Wildman–Crippen MR) is 142 cm³/mol. The molecule has 3 aromatic rings. The van der Waals surface area contributed by atoms with Crippen molar-refractivity contribution in [1.82, 2.24) is 19.3 Å². The number of piperazine rings is 1. The van der Waals surface area contributed by atoms with Crippen molar-refractivity contribution in [1.29, 1.82) is 0 Å². The van der Waals surface area contributed by atoms with E-state index in [1.165, 1.54) is 86.0 Å². The van der Waals surface area contributed by atoms with E-state index >= 15 is 0 Å². The second kappa shape index (κ2) is 11.9. The summed E-state index contributed by atoms with van der Waals surface area (Å²) in [7, 11) is 0. The van der Waals surface area contributed by atoms with Crippen LogP contribution in [-0.2, 0) is 22.7 Å². The summed E-state index contributed by atoms with van der Waals surface area (Å²) in [6.07, 6.45) is 2.65. The number of aryl methyl sites for hydroxylation is 1. The van der Waals surface area contributed by atoms with Crippen LogP contribution in [0, 0.1) is 0 Å². The van der Waals surface area contributed by atoms with Gasteiger partial charge in [-0.25, -0.2) is 9.59 Å². The third-order valence-corrected chi connectivity index (χ3v) is 7.67. The van der Waals surface area contributed by atoms with Crippen LogP contribution in [0.5, 0.6) is 0 Å². The van der Waals surface area contributed by atoms with Gasteiger partial charge in [0, 0.05) is 67.1 Å². The average molecular weight is 495 g/mol. The van der Waals surface area contributed by atoms with Crippen LogP contribution in [0.1, 0.15) is 32.3 Å². The number of piperidine rings is 1. The fourth-order valence-corrected chi connectivity index (χ4v) is 5.69. The molecular formula is C28H38N4O4. The molecule has 194 valence electrons. The van der Waals surface area contributed by atoms with Gasteiger partial charge in [0.25, 0.3) is 0 Å². The van der Waals surface area contributed by atoms with Gasteiger partial charge in [-0.2, -0.15) is 0 Å². The van der Waals surface area contributed by atoms with Crippen LogP contribution in [-0.4, -0.2) is 93.3 Å². The van der Waals surface area contributed by atoms with Crippen molar-refractivity contribution in [3.63, 3.8) is 0 Å². The first-order valence-electron chi connectivity index (χ1n) is 13.1. The molecule has 8 heteroatoms. The molecule has 0 saturated carbocycles. The van der Waals surface area contributed by atoms with Gasteiger partial charge in [-0.3, -0.25) is 9.80 Å². The molecule has 2 aromatic carbocycles. The Balaban J connectivity index is 0.000000455. The monoisotopic (exact) mass is 494 g/mol. The number of carbonyl (C=O) groups is 2. The molecule has 1 aromatic heterocycles. The zero-order valence-electron chi connectivity index (χ0n) is 21.4. The van der Waals surface area contributed by atoms with Crippen LogP contribution in [0.2, 0.25) is 0 Å². The molecule has 0 unspecified atom stereocenters. The minimum atomic E-state index is -1.82. The highest BCUT2D eigenvalue weighted by Crippen LogP contribution is 2.30. The third-order valence-electron chi connectivity index (χ3n) is 7.67. The minimum absolute atomic E-state index is 0.797. The smallest absolute Gasteiger partial charge is 0.414 e. The van der Waals surface area contributed by atoms with Crippen LogP contribution >= 0.6 is 0 Å². The molecule has 2 N–H and O–H groups in total. The van der Waals surface area contributed by atoms with Crippen molar-refractivity contribution in [2.75, 3.05) is 45.8 Å². The lowest BCUT2D eigenvalue weighted by Crippen LogP contribution is -2.52. The maximum atomic E-state index is 9.10. The fraction of sp³-hybridized carbons (Fsp3) is 0.500. The van der Waals surface area contributed by atoms with E-state index < -0.39 is 11.9 Å². The fourth-order valence-electron chi connectivity index (χ4n) is 5.69. The Labute approximate surface area is 212 Å². The van der Waals surface area contributed by atoms with Gasteiger partial charge in [0.2, 0.25) is 0 Å². The van der Waals surface area contributed by atoms with Crippen molar-refractivity contribution in [2.24, 2.45) is 0 Å². The summed E-state index contributed by atoms with van der Waals surface area (Å²) in [5.41, 5.74) is 4.18. The molecule has 2 fully saturated rings. The number of para-hydroxylation sites is 1. The number of aromatic nitrogens is 1. The zero-order chi connectivity index (χ0) is 25.7. The molecule has 0 aliphatic carbocycles. The molecule has 2 aliphatic rings. The summed E-state index contributed by atoms with van der Waals surface area (Å²) < 4.78 is 2.44. The van der Waals surface area contributed by atoms with Gasteiger partial charge < -0.3 is 19.7 Å². The van der Waals surface area contributed by atoms with Gasteiger partial charge in [0.15, 0.2) is 0 Å². The number of carboxylic acid groups (broad SMARTS) is 2. The number of fused-ring (bicyclic) bond motifs is 3. The summed E-state index contributed by atoms with van der Waals surface area (Å²) >= 11 is 0. The maximum Gasteiger partial charge on any atom is 0.414 e. The highest BCUT2D eigenvalue weighted by Gasteiger charge is 2.27. The van der Waals surface area contributed by atoms with E-state index in [1.807, 2.05) is 0 Å². The molecule has 3 heterocycles. The van der Waals surface area contributed by atoms with Crippen LogP contribution < -0.4 is 0 Å². The van der Waals surface area contributed by atoms with E-state index in [-0.39, 0.29) is 0 Å². The number of rotatable bonds is 5. The highest BCUT2D eigenvalue weighted by molar-refractivity contribution is 6.27. The zero-order valence-corrected chi connectivity index (χ0v) is 21.4. The Morgan fingerprint density at radius 2 is 1.42 bits per heavy atom. The minimum Gasteiger partial charge on any atom is -0.473 e. The van der Waals surface area contributed by atoms with E-state index in [9.17, 15) is 0 Å². The van der Waals surface area contributed by atoms with Crippen LogP contribution in [0.4, 0.5) is 0 Å². The summed E-state index contributed by atoms with van der Waals surface area (Å²) in [4.78, 5) is 26.2. The first-order valence-corrected chi connectivity index (χ1v) is 13.1. The highest BCUT2D eigenvalue weighted by atomic mass is 16.4. The van der Waals surface area contributed by atoms with Gasteiger partial charge in [-0.05, 0) is 63.2 Å².